The van der Waals surface area contributed by atoms with Gasteiger partial charge in [0.2, 0.25) is 0 Å². The van der Waals surface area contributed by atoms with Gasteiger partial charge in [0, 0.05) is 12.0 Å². The molecule has 6 nitrogen and oxygen atoms in total. The highest BCUT2D eigenvalue weighted by Crippen LogP contribution is 2.26. The Morgan fingerprint density at radius 1 is 1.38 bits per heavy atom. The Morgan fingerprint density at radius 3 is 2.81 bits per heavy atom. The second kappa shape index (κ2) is 5.05. The Labute approximate surface area is 121 Å². The van der Waals surface area contributed by atoms with Crippen LogP contribution in [0.1, 0.15) is 41.7 Å². The molecule has 0 aliphatic heterocycles. The first-order chi connectivity index (χ1) is 10.1. The number of aromatic carboxylic acids is 1. The van der Waals surface area contributed by atoms with Gasteiger partial charge in [-0.3, -0.25) is 0 Å². The van der Waals surface area contributed by atoms with E-state index in [-0.39, 0.29) is 11.5 Å². The minimum absolute atomic E-state index is 0.168. The van der Waals surface area contributed by atoms with Gasteiger partial charge in [0.05, 0.1) is 29.3 Å². The van der Waals surface area contributed by atoms with Crippen LogP contribution in [0.3, 0.4) is 0 Å². The number of carboxylic acid groups (broad SMARTS) is 1. The Balaban J connectivity index is 2.26. The molecule has 3 aromatic rings. The van der Waals surface area contributed by atoms with E-state index in [4.69, 9.17) is 4.52 Å². The van der Waals surface area contributed by atoms with Gasteiger partial charge < -0.3 is 14.2 Å². The van der Waals surface area contributed by atoms with Gasteiger partial charge in [-0.25, -0.2) is 9.78 Å². The lowest BCUT2D eigenvalue weighted by molar-refractivity contribution is 0.0698. The molecular weight excluding hydrogens is 270 g/mol. The van der Waals surface area contributed by atoms with E-state index < -0.39 is 5.97 Å². The molecule has 0 amide bonds. The largest absolute Gasteiger partial charge is 0.478 e. The second-order valence-electron chi connectivity index (χ2n) is 5.17. The number of nitrogens with zero attached hydrogens (tertiary/aromatic N) is 3. The number of hydrogen-bond acceptors (Lipinski definition) is 4. The van der Waals surface area contributed by atoms with Crippen molar-refractivity contribution in [2.24, 2.45) is 0 Å². The number of benzene rings is 1. The number of para-hydroxylation sites is 1. The smallest absolute Gasteiger partial charge is 0.337 e. The molecule has 0 aliphatic carbocycles. The molecule has 6 heteroatoms. The number of fused-ring (bicyclic) bond motifs is 1. The molecule has 1 N–H and O–H groups in total. The van der Waals surface area contributed by atoms with Crippen LogP contribution >= 0.6 is 0 Å². The van der Waals surface area contributed by atoms with Gasteiger partial charge in [-0.05, 0) is 12.1 Å². The van der Waals surface area contributed by atoms with Crippen LogP contribution in [-0.4, -0.2) is 25.8 Å². The minimum Gasteiger partial charge on any atom is -0.478 e. The molecule has 0 aliphatic rings. The van der Waals surface area contributed by atoms with Crippen LogP contribution < -0.4 is 0 Å². The fraction of sp³-hybridized carbons (Fsp3) is 0.267. The normalized spacial score (nSPS) is 11.4. The predicted molar refractivity (Wildman–Crippen MR) is 76.4 cm³/mol. The molecular formula is C15H15N3O3. The summed E-state index contributed by atoms with van der Waals surface area (Å²) in [6, 6.07) is 6.89. The van der Waals surface area contributed by atoms with Crippen molar-refractivity contribution in [3.8, 4) is 0 Å². The van der Waals surface area contributed by atoms with E-state index in [1.807, 2.05) is 24.5 Å². The molecule has 21 heavy (non-hydrogen) atoms. The maximum absolute atomic E-state index is 11.5. The highest BCUT2D eigenvalue weighted by molar-refractivity contribution is 6.01. The van der Waals surface area contributed by atoms with Crippen molar-refractivity contribution in [2.45, 2.75) is 26.3 Å². The third kappa shape index (κ3) is 2.29. The lowest BCUT2D eigenvalue weighted by Crippen LogP contribution is -2.09. The van der Waals surface area contributed by atoms with Crippen molar-refractivity contribution in [1.29, 1.82) is 0 Å². The summed E-state index contributed by atoms with van der Waals surface area (Å²) in [4.78, 5) is 16.0. The highest BCUT2D eigenvalue weighted by atomic mass is 16.5. The molecule has 0 unspecified atom stereocenters. The lowest BCUT2D eigenvalue weighted by Gasteiger charge is -2.10. The van der Waals surface area contributed by atoms with E-state index in [0.717, 1.165) is 5.82 Å². The molecule has 0 atom stereocenters. The van der Waals surface area contributed by atoms with E-state index >= 15 is 0 Å². The van der Waals surface area contributed by atoms with E-state index in [0.29, 0.717) is 23.3 Å². The molecule has 0 saturated carbocycles. The van der Waals surface area contributed by atoms with Crippen molar-refractivity contribution in [2.75, 3.05) is 0 Å². The van der Waals surface area contributed by atoms with Crippen LogP contribution in [0.4, 0.5) is 0 Å². The zero-order valence-electron chi connectivity index (χ0n) is 11.8. The second-order valence-corrected chi connectivity index (χ2v) is 5.17. The van der Waals surface area contributed by atoms with Crippen molar-refractivity contribution in [1.82, 2.24) is 14.7 Å². The van der Waals surface area contributed by atoms with Crippen molar-refractivity contribution >= 4 is 17.0 Å². The fourth-order valence-electron chi connectivity index (χ4n) is 2.46. The maximum atomic E-state index is 11.5. The zero-order chi connectivity index (χ0) is 15.0. The Kier molecular flexibility index (Phi) is 3.21. The van der Waals surface area contributed by atoms with Crippen LogP contribution in [0.5, 0.6) is 0 Å². The number of hydrogen-bond donors (Lipinski definition) is 1. The summed E-state index contributed by atoms with van der Waals surface area (Å²) in [7, 11) is 0. The standard InChI is InChI=1S/C15H15N3O3/c1-9(2)14-17-12-5-3-4-11(15(19)20)13(12)18(14)8-10-6-7-16-21-10/h3-7,9H,8H2,1-2H3,(H,19,20). The molecule has 0 saturated heterocycles. The van der Waals surface area contributed by atoms with E-state index in [2.05, 4.69) is 10.1 Å². The number of aromatic nitrogens is 3. The van der Waals surface area contributed by atoms with Gasteiger partial charge >= 0.3 is 5.97 Å². The molecule has 2 aromatic heterocycles. The summed E-state index contributed by atoms with van der Waals surface area (Å²) >= 11 is 0. The Morgan fingerprint density at radius 2 is 2.19 bits per heavy atom. The van der Waals surface area contributed by atoms with Gasteiger partial charge in [-0.2, -0.15) is 0 Å². The van der Waals surface area contributed by atoms with Gasteiger partial charge in [0.15, 0.2) is 5.76 Å². The summed E-state index contributed by atoms with van der Waals surface area (Å²) in [5.74, 6) is 0.697. The molecule has 1 aromatic carbocycles. The third-order valence-electron chi connectivity index (χ3n) is 3.35. The summed E-state index contributed by atoms with van der Waals surface area (Å²) < 4.78 is 7.04. The molecule has 0 bridgehead atoms. The van der Waals surface area contributed by atoms with Crippen LogP contribution in [0, 0.1) is 0 Å². The average Bonchev–Trinajstić information content (AvgIpc) is 3.07. The summed E-state index contributed by atoms with van der Waals surface area (Å²) in [6.45, 7) is 4.46. The van der Waals surface area contributed by atoms with Crippen LogP contribution in [-0.2, 0) is 6.54 Å². The number of carbonyl (C=O) groups is 1. The van der Waals surface area contributed by atoms with Gasteiger partial charge in [0.25, 0.3) is 0 Å². The molecule has 0 radical (unpaired) electrons. The molecule has 0 spiro atoms. The number of imidazole rings is 1. The van der Waals surface area contributed by atoms with Crippen LogP contribution in [0.15, 0.2) is 35.0 Å². The lowest BCUT2D eigenvalue weighted by atomic mass is 10.1. The average molecular weight is 285 g/mol. The maximum Gasteiger partial charge on any atom is 0.337 e. The van der Waals surface area contributed by atoms with Crippen molar-refractivity contribution in [3.63, 3.8) is 0 Å². The molecule has 108 valence electrons. The summed E-state index contributed by atoms with van der Waals surface area (Å²) in [5.41, 5.74) is 1.54. The molecule has 3 rings (SSSR count). The third-order valence-corrected chi connectivity index (χ3v) is 3.35. The number of rotatable bonds is 4. The Bertz CT molecular complexity index is 788. The van der Waals surface area contributed by atoms with Crippen molar-refractivity contribution in [3.05, 3.63) is 47.6 Å². The topological polar surface area (TPSA) is 81.1 Å². The monoisotopic (exact) mass is 285 g/mol. The van der Waals surface area contributed by atoms with Gasteiger partial charge in [0.1, 0.15) is 5.82 Å². The molecule has 0 fully saturated rings. The summed E-state index contributed by atoms with van der Waals surface area (Å²) in [6.07, 6.45) is 1.57. The predicted octanol–water partition coefficient (Wildman–Crippen LogP) is 2.89. The van der Waals surface area contributed by atoms with E-state index in [1.165, 1.54) is 0 Å². The molecule has 2 heterocycles. The Hall–Kier alpha value is -2.63. The first-order valence-corrected chi connectivity index (χ1v) is 6.70. The SMILES string of the molecule is CC(C)c1nc2cccc(C(=O)O)c2n1Cc1ccno1. The first kappa shape index (κ1) is 13.4. The van der Waals surface area contributed by atoms with Gasteiger partial charge in [-0.1, -0.05) is 25.1 Å². The fourth-order valence-corrected chi connectivity index (χ4v) is 2.46. The first-order valence-electron chi connectivity index (χ1n) is 6.70. The summed E-state index contributed by atoms with van der Waals surface area (Å²) in [5, 5.41) is 13.1. The quantitative estimate of drug-likeness (QED) is 0.797. The zero-order valence-corrected chi connectivity index (χ0v) is 11.8. The van der Waals surface area contributed by atoms with E-state index in [1.54, 1.807) is 24.4 Å². The van der Waals surface area contributed by atoms with Crippen LogP contribution in [0.2, 0.25) is 0 Å². The van der Waals surface area contributed by atoms with Gasteiger partial charge in [-0.15, -0.1) is 0 Å². The van der Waals surface area contributed by atoms with Crippen molar-refractivity contribution < 1.29 is 14.4 Å². The van der Waals surface area contributed by atoms with Crippen LogP contribution in [0.25, 0.3) is 11.0 Å². The van der Waals surface area contributed by atoms with E-state index in [9.17, 15) is 9.90 Å². The minimum atomic E-state index is -0.963. The number of carboxylic acids is 1. The highest BCUT2D eigenvalue weighted by Gasteiger charge is 2.20.